The van der Waals surface area contributed by atoms with Crippen LogP contribution in [0.5, 0.6) is 0 Å². The molecule has 0 unspecified atom stereocenters. The van der Waals surface area contributed by atoms with Crippen LogP contribution in [0.4, 0.5) is 0 Å². The molecular weight excluding hydrogens is 202 g/mol. The summed E-state index contributed by atoms with van der Waals surface area (Å²) in [6.07, 6.45) is 2.92. The molecule has 0 bridgehead atoms. The number of carbonyl (C=O) groups excluding carboxylic acids is 1. The average Bonchev–Trinajstić information content (AvgIpc) is 2.85. The maximum atomic E-state index is 11.3. The Labute approximate surface area is 87.7 Å². The number of hydrogen-bond donors (Lipinski definition) is 2. The predicted octanol–water partition coefficient (Wildman–Crippen LogP) is 0.524. The van der Waals surface area contributed by atoms with Crippen molar-refractivity contribution in [2.75, 3.05) is 5.75 Å². The second-order valence-corrected chi connectivity index (χ2v) is 4.48. The van der Waals surface area contributed by atoms with Gasteiger partial charge in [0.2, 0.25) is 5.91 Å². The number of carboxylic acid groups (broad SMARTS) is 1. The van der Waals surface area contributed by atoms with Crippen LogP contribution in [0, 0.1) is 0 Å². The van der Waals surface area contributed by atoms with Crippen molar-refractivity contribution in [2.24, 2.45) is 0 Å². The fourth-order valence-corrected chi connectivity index (χ4v) is 2.42. The highest BCUT2D eigenvalue weighted by Crippen LogP contribution is 2.53. The third kappa shape index (κ3) is 1.30. The van der Waals surface area contributed by atoms with Gasteiger partial charge >= 0.3 is 5.97 Å². The molecule has 14 heavy (non-hydrogen) atoms. The summed E-state index contributed by atoms with van der Waals surface area (Å²) in [5.74, 6) is -0.424. The van der Waals surface area contributed by atoms with E-state index in [1.165, 1.54) is 0 Å². The second-order valence-electron chi connectivity index (χ2n) is 4.03. The van der Waals surface area contributed by atoms with Gasteiger partial charge in [0.05, 0.1) is 12.0 Å². The van der Waals surface area contributed by atoms with Crippen LogP contribution in [0.1, 0.15) is 25.7 Å². The Morgan fingerprint density at radius 3 is 2.64 bits per heavy atom. The van der Waals surface area contributed by atoms with Gasteiger partial charge in [-0.3, -0.25) is 4.79 Å². The summed E-state index contributed by atoms with van der Waals surface area (Å²) in [5.41, 5.74) is -0.0664. The van der Waals surface area contributed by atoms with Gasteiger partial charge in [-0.15, -0.1) is 0 Å². The Bertz CT molecular complexity index is 288. The molecule has 0 aromatic carbocycles. The minimum absolute atomic E-state index is 0.0170. The van der Waals surface area contributed by atoms with Gasteiger partial charge in [-0.2, -0.15) is 12.6 Å². The van der Waals surface area contributed by atoms with E-state index in [-0.39, 0.29) is 11.4 Å². The monoisotopic (exact) mass is 215 g/mol. The number of rotatable bonds is 4. The van der Waals surface area contributed by atoms with Crippen molar-refractivity contribution < 1.29 is 14.7 Å². The summed E-state index contributed by atoms with van der Waals surface area (Å²) in [5, 5.41) is 8.99. The molecule has 4 nitrogen and oxygen atoms in total. The highest BCUT2D eigenvalue weighted by Gasteiger charge is 2.62. The second kappa shape index (κ2) is 3.15. The van der Waals surface area contributed by atoms with Gasteiger partial charge in [-0.25, -0.2) is 4.79 Å². The molecule has 1 N–H and O–H groups in total. The lowest BCUT2D eigenvalue weighted by Gasteiger charge is -2.45. The van der Waals surface area contributed by atoms with E-state index in [4.69, 9.17) is 5.11 Å². The lowest BCUT2D eigenvalue weighted by atomic mass is 9.95. The number of amides is 1. The maximum Gasteiger partial charge on any atom is 0.326 e. The summed E-state index contributed by atoms with van der Waals surface area (Å²) in [4.78, 5) is 23.9. The van der Waals surface area contributed by atoms with Crippen LogP contribution < -0.4 is 0 Å². The molecule has 0 aromatic heterocycles. The van der Waals surface area contributed by atoms with E-state index in [9.17, 15) is 9.59 Å². The van der Waals surface area contributed by atoms with Gasteiger partial charge in [0, 0.05) is 0 Å². The third-order valence-electron chi connectivity index (χ3n) is 3.09. The number of likely N-dealkylation sites (tertiary alicyclic amines) is 1. The minimum Gasteiger partial charge on any atom is -0.480 e. The van der Waals surface area contributed by atoms with E-state index in [0.29, 0.717) is 18.6 Å². The number of carbonyl (C=O) groups is 2. The van der Waals surface area contributed by atoms with Crippen LogP contribution in [0.25, 0.3) is 0 Å². The Balaban J connectivity index is 2.10. The maximum absolute atomic E-state index is 11.3. The molecule has 2 rings (SSSR count). The SMILES string of the molecule is O=C(O)[C@@H](CCS)N1C(=O)CC12CC2. The van der Waals surface area contributed by atoms with Crippen molar-refractivity contribution in [3.8, 4) is 0 Å². The molecule has 1 aliphatic heterocycles. The van der Waals surface area contributed by atoms with E-state index in [1.807, 2.05) is 0 Å². The third-order valence-corrected chi connectivity index (χ3v) is 3.34. The number of nitrogens with zero attached hydrogens (tertiary/aromatic N) is 1. The minimum atomic E-state index is -0.904. The summed E-state index contributed by atoms with van der Waals surface area (Å²) in [7, 11) is 0. The zero-order valence-electron chi connectivity index (χ0n) is 7.77. The van der Waals surface area contributed by atoms with Crippen molar-refractivity contribution in [3.63, 3.8) is 0 Å². The van der Waals surface area contributed by atoms with Gasteiger partial charge in [0.15, 0.2) is 0 Å². The van der Waals surface area contributed by atoms with E-state index >= 15 is 0 Å². The number of thiol groups is 1. The van der Waals surface area contributed by atoms with Gasteiger partial charge in [0.25, 0.3) is 0 Å². The predicted molar refractivity (Wildman–Crippen MR) is 53.3 cm³/mol. The van der Waals surface area contributed by atoms with Crippen LogP contribution in [-0.2, 0) is 9.59 Å². The first-order valence-corrected chi connectivity index (χ1v) is 5.40. The number of hydrogen-bond acceptors (Lipinski definition) is 3. The molecule has 2 fully saturated rings. The zero-order valence-corrected chi connectivity index (χ0v) is 8.67. The molecule has 1 atom stereocenters. The fraction of sp³-hybridized carbons (Fsp3) is 0.778. The van der Waals surface area contributed by atoms with Crippen molar-refractivity contribution in [1.82, 2.24) is 4.90 Å². The standard InChI is InChI=1S/C9H13NO3S/c11-7-5-9(2-3-9)10(7)6(1-4-14)8(12)13/h6,14H,1-5H2,(H,12,13)/t6-/m1/s1. The molecule has 1 saturated carbocycles. The average molecular weight is 215 g/mol. The van der Waals surface area contributed by atoms with Crippen molar-refractivity contribution in [2.45, 2.75) is 37.3 Å². The molecule has 1 saturated heterocycles. The molecule has 0 aromatic rings. The number of carboxylic acids is 1. The summed E-state index contributed by atoms with van der Waals surface area (Å²) < 4.78 is 0. The van der Waals surface area contributed by atoms with Crippen LogP contribution in [0.2, 0.25) is 0 Å². The van der Waals surface area contributed by atoms with E-state index in [2.05, 4.69) is 12.6 Å². The molecule has 1 heterocycles. The number of β-lactam (4-membered cyclic amide) rings is 1. The Kier molecular flexibility index (Phi) is 2.21. The van der Waals surface area contributed by atoms with Gasteiger partial charge in [-0.05, 0) is 25.0 Å². The summed E-state index contributed by atoms with van der Waals surface area (Å²) in [6.45, 7) is 0. The van der Waals surface area contributed by atoms with Gasteiger partial charge < -0.3 is 10.0 Å². The van der Waals surface area contributed by atoms with Crippen molar-refractivity contribution >= 4 is 24.5 Å². The highest BCUT2D eigenvalue weighted by atomic mass is 32.1. The highest BCUT2D eigenvalue weighted by molar-refractivity contribution is 7.80. The first-order valence-electron chi connectivity index (χ1n) is 4.76. The molecule has 2 aliphatic rings. The quantitative estimate of drug-likeness (QED) is 0.531. The number of aliphatic carboxylic acids is 1. The molecule has 5 heteroatoms. The fourth-order valence-electron chi connectivity index (χ4n) is 2.18. The molecule has 1 aliphatic carbocycles. The molecule has 1 spiro atoms. The lowest BCUT2D eigenvalue weighted by molar-refractivity contribution is -0.164. The van der Waals surface area contributed by atoms with Gasteiger partial charge in [0.1, 0.15) is 6.04 Å². The van der Waals surface area contributed by atoms with Gasteiger partial charge in [-0.1, -0.05) is 0 Å². The molecule has 1 amide bonds. The van der Waals surface area contributed by atoms with Crippen LogP contribution in [0.15, 0.2) is 0 Å². The summed E-state index contributed by atoms with van der Waals surface area (Å²) in [6, 6.07) is -0.656. The molecule has 78 valence electrons. The Hall–Kier alpha value is -0.710. The lowest BCUT2D eigenvalue weighted by Crippen LogP contribution is -2.61. The van der Waals surface area contributed by atoms with Crippen LogP contribution in [0.3, 0.4) is 0 Å². The van der Waals surface area contributed by atoms with Crippen LogP contribution in [-0.4, -0.2) is 39.2 Å². The molecule has 0 radical (unpaired) electrons. The smallest absolute Gasteiger partial charge is 0.326 e. The van der Waals surface area contributed by atoms with E-state index in [1.54, 1.807) is 4.90 Å². The van der Waals surface area contributed by atoms with E-state index in [0.717, 1.165) is 12.8 Å². The van der Waals surface area contributed by atoms with Crippen LogP contribution >= 0.6 is 12.6 Å². The zero-order chi connectivity index (χ0) is 10.3. The first-order chi connectivity index (χ1) is 6.60. The largest absolute Gasteiger partial charge is 0.480 e. The van der Waals surface area contributed by atoms with E-state index < -0.39 is 12.0 Å². The van der Waals surface area contributed by atoms with Crippen molar-refractivity contribution in [1.29, 1.82) is 0 Å². The Morgan fingerprint density at radius 2 is 2.29 bits per heavy atom. The normalized spacial score (nSPS) is 24.6. The first kappa shape index (κ1) is 9.83. The summed E-state index contributed by atoms with van der Waals surface area (Å²) >= 11 is 4.02. The Morgan fingerprint density at radius 1 is 1.64 bits per heavy atom. The topological polar surface area (TPSA) is 57.6 Å². The molecular formula is C9H13NO3S. The van der Waals surface area contributed by atoms with Crippen molar-refractivity contribution in [3.05, 3.63) is 0 Å².